The monoisotopic (exact) mass is 253 g/mol. The van der Waals surface area contributed by atoms with Gasteiger partial charge in [0.2, 0.25) is 0 Å². The lowest BCUT2D eigenvalue weighted by molar-refractivity contribution is -0.132. The molecule has 1 heterocycles. The molecule has 0 radical (unpaired) electrons. The van der Waals surface area contributed by atoms with E-state index in [1.807, 2.05) is 18.2 Å². The van der Waals surface area contributed by atoms with Crippen molar-refractivity contribution in [2.24, 2.45) is 4.99 Å². The van der Waals surface area contributed by atoms with Crippen LogP contribution in [0.2, 0.25) is 0 Å². The van der Waals surface area contributed by atoms with Gasteiger partial charge in [-0.25, -0.2) is 4.79 Å². The highest BCUT2D eigenvalue weighted by Crippen LogP contribution is 2.23. The maximum absolute atomic E-state index is 11.3. The van der Waals surface area contributed by atoms with Gasteiger partial charge in [-0.3, -0.25) is 4.99 Å². The van der Waals surface area contributed by atoms with Gasteiger partial charge >= 0.3 is 5.97 Å². The van der Waals surface area contributed by atoms with Crippen molar-refractivity contribution in [2.75, 3.05) is 7.11 Å². The smallest absolute Gasteiger partial charge is 0.356 e. The zero-order valence-corrected chi connectivity index (χ0v) is 9.17. The van der Waals surface area contributed by atoms with Gasteiger partial charge in [0.1, 0.15) is 0 Å². The Morgan fingerprint density at radius 1 is 1.57 bits per heavy atom. The molecule has 0 fully saturated rings. The van der Waals surface area contributed by atoms with Crippen LogP contribution in [0.15, 0.2) is 27.7 Å². The summed E-state index contributed by atoms with van der Waals surface area (Å²) in [6.45, 7) is 0.555. The molecule has 0 amide bonds. The number of hydrogen-bond donors (Lipinski definition) is 0. The Morgan fingerprint density at radius 3 is 3.07 bits per heavy atom. The van der Waals surface area contributed by atoms with E-state index < -0.39 is 0 Å². The molecule has 0 aromatic heterocycles. The van der Waals surface area contributed by atoms with E-state index in [4.69, 9.17) is 0 Å². The summed E-state index contributed by atoms with van der Waals surface area (Å²) in [6, 6.07) is 5.74. The van der Waals surface area contributed by atoms with Crippen LogP contribution in [0.3, 0.4) is 0 Å². The minimum Gasteiger partial charge on any atom is -0.464 e. The largest absolute Gasteiger partial charge is 0.464 e. The Kier molecular flexibility index (Phi) is 2.37. The Bertz CT molecular complexity index is 426. The van der Waals surface area contributed by atoms with Crippen LogP contribution in [-0.2, 0) is 16.1 Å². The summed E-state index contributed by atoms with van der Waals surface area (Å²) in [4.78, 5) is 15.4. The standard InChI is InChI=1S/C10H8BrNO2/c1-14-10(13)9-8-3-2-7(11)4-6(8)5-12-9/h2-4H,5H2,1H3. The quantitative estimate of drug-likeness (QED) is 0.718. The minimum absolute atomic E-state index is 0.369. The van der Waals surface area contributed by atoms with E-state index in [-0.39, 0.29) is 5.97 Å². The predicted octanol–water partition coefficient (Wildman–Crippen LogP) is 1.92. The van der Waals surface area contributed by atoms with Gasteiger partial charge < -0.3 is 4.74 Å². The van der Waals surface area contributed by atoms with Crippen LogP contribution < -0.4 is 0 Å². The fourth-order valence-corrected chi connectivity index (χ4v) is 1.85. The number of rotatable bonds is 1. The fraction of sp³-hybridized carbons (Fsp3) is 0.200. The molecule has 1 aliphatic rings. The lowest BCUT2D eigenvalue weighted by Crippen LogP contribution is -2.15. The Morgan fingerprint density at radius 2 is 2.36 bits per heavy atom. The zero-order chi connectivity index (χ0) is 10.1. The SMILES string of the molecule is COC(=O)C1=NCc2cc(Br)ccc21. The lowest BCUT2D eigenvalue weighted by Gasteiger charge is -2.01. The van der Waals surface area contributed by atoms with E-state index >= 15 is 0 Å². The van der Waals surface area contributed by atoms with Gasteiger partial charge in [0.25, 0.3) is 0 Å². The Labute approximate surface area is 89.9 Å². The van der Waals surface area contributed by atoms with Crippen molar-refractivity contribution in [3.63, 3.8) is 0 Å². The van der Waals surface area contributed by atoms with Crippen LogP contribution in [-0.4, -0.2) is 18.8 Å². The summed E-state index contributed by atoms with van der Waals surface area (Å²) < 4.78 is 5.64. The van der Waals surface area contributed by atoms with E-state index in [1.165, 1.54) is 7.11 Å². The maximum atomic E-state index is 11.3. The average Bonchev–Trinajstić information content (AvgIpc) is 2.59. The predicted molar refractivity (Wildman–Crippen MR) is 56.4 cm³/mol. The van der Waals surface area contributed by atoms with Crippen molar-refractivity contribution < 1.29 is 9.53 Å². The summed E-state index contributed by atoms with van der Waals surface area (Å²) in [6.07, 6.45) is 0. The Balaban J connectivity index is 2.42. The molecule has 0 bridgehead atoms. The molecule has 0 saturated heterocycles. The molecule has 0 atom stereocenters. The van der Waals surface area contributed by atoms with Gasteiger partial charge in [-0.15, -0.1) is 0 Å². The molecule has 0 aliphatic carbocycles. The summed E-state index contributed by atoms with van der Waals surface area (Å²) in [5.41, 5.74) is 2.36. The first-order chi connectivity index (χ1) is 6.72. The van der Waals surface area contributed by atoms with Crippen molar-refractivity contribution in [1.29, 1.82) is 0 Å². The number of fused-ring (bicyclic) bond motifs is 1. The summed E-state index contributed by atoms with van der Waals surface area (Å²) in [5, 5.41) is 0. The normalized spacial score (nSPS) is 13.4. The highest BCUT2D eigenvalue weighted by atomic mass is 79.9. The second-order valence-corrected chi connectivity index (χ2v) is 3.87. The molecule has 2 rings (SSSR count). The summed E-state index contributed by atoms with van der Waals surface area (Å²) in [7, 11) is 1.36. The van der Waals surface area contributed by atoms with Gasteiger partial charge in [0.05, 0.1) is 13.7 Å². The number of aliphatic imine (C=N–C) groups is 1. The third-order valence-corrected chi connectivity index (χ3v) is 2.60. The van der Waals surface area contributed by atoms with Crippen LogP contribution in [0.5, 0.6) is 0 Å². The molecular weight excluding hydrogens is 246 g/mol. The van der Waals surface area contributed by atoms with Crippen LogP contribution in [0.1, 0.15) is 11.1 Å². The summed E-state index contributed by atoms with van der Waals surface area (Å²) >= 11 is 3.37. The van der Waals surface area contributed by atoms with E-state index in [0.717, 1.165) is 15.6 Å². The number of hydrogen-bond acceptors (Lipinski definition) is 3. The molecule has 0 N–H and O–H groups in total. The van der Waals surface area contributed by atoms with Gasteiger partial charge in [-0.05, 0) is 17.7 Å². The van der Waals surface area contributed by atoms with Crippen LogP contribution >= 0.6 is 15.9 Å². The van der Waals surface area contributed by atoms with Crippen LogP contribution in [0, 0.1) is 0 Å². The molecule has 0 saturated carbocycles. The number of nitrogens with zero attached hydrogens (tertiary/aromatic N) is 1. The number of carbonyl (C=O) groups excluding carboxylic acids is 1. The van der Waals surface area contributed by atoms with Crippen molar-refractivity contribution in [1.82, 2.24) is 0 Å². The van der Waals surface area contributed by atoms with Gasteiger partial charge in [-0.1, -0.05) is 22.0 Å². The molecule has 72 valence electrons. The van der Waals surface area contributed by atoms with Gasteiger partial charge in [0, 0.05) is 10.0 Å². The first-order valence-electron chi connectivity index (χ1n) is 4.14. The van der Waals surface area contributed by atoms with E-state index in [1.54, 1.807) is 0 Å². The number of esters is 1. The molecule has 1 aliphatic heterocycles. The number of methoxy groups -OCH3 is 1. The van der Waals surface area contributed by atoms with Crippen LogP contribution in [0.4, 0.5) is 0 Å². The number of carbonyl (C=O) groups is 1. The molecular formula is C10H8BrNO2. The molecule has 1 aromatic rings. The zero-order valence-electron chi connectivity index (χ0n) is 7.58. The molecule has 3 nitrogen and oxygen atoms in total. The average molecular weight is 254 g/mol. The van der Waals surface area contributed by atoms with Crippen molar-refractivity contribution >= 4 is 27.6 Å². The summed E-state index contributed by atoms with van der Waals surface area (Å²) in [5.74, 6) is -0.369. The van der Waals surface area contributed by atoms with Crippen molar-refractivity contribution in [3.8, 4) is 0 Å². The van der Waals surface area contributed by atoms with E-state index in [2.05, 4.69) is 25.7 Å². The third-order valence-electron chi connectivity index (χ3n) is 2.11. The van der Waals surface area contributed by atoms with Crippen LogP contribution in [0.25, 0.3) is 0 Å². The maximum Gasteiger partial charge on any atom is 0.356 e. The molecule has 14 heavy (non-hydrogen) atoms. The number of halogens is 1. The minimum atomic E-state index is -0.369. The highest BCUT2D eigenvalue weighted by Gasteiger charge is 2.22. The first-order valence-corrected chi connectivity index (χ1v) is 4.93. The van der Waals surface area contributed by atoms with E-state index in [9.17, 15) is 4.79 Å². The van der Waals surface area contributed by atoms with Crippen molar-refractivity contribution in [2.45, 2.75) is 6.54 Å². The number of ether oxygens (including phenoxy) is 1. The molecule has 4 heteroatoms. The fourth-order valence-electron chi connectivity index (χ4n) is 1.44. The van der Waals surface area contributed by atoms with Crippen molar-refractivity contribution in [3.05, 3.63) is 33.8 Å². The van der Waals surface area contributed by atoms with Gasteiger partial charge in [0.15, 0.2) is 5.71 Å². The second-order valence-electron chi connectivity index (χ2n) is 2.96. The highest BCUT2D eigenvalue weighted by molar-refractivity contribution is 9.10. The van der Waals surface area contributed by atoms with E-state index in [0.29, 0.717) is 12.3 Å². The second kappa shape index (κ2) is 3.53. The number of benzene rings is 1. The lowest BCUT2D eigenvalue weighted by atomic mass is 10.1. The molecule has 0 unspecified atom stereocenters. The molecule has 0 spiro atoms. The topological polar surface area (TPSA) is 38.7 Å². The third kappa shape index (κ3) is 1.46. The molecule has 1 aromatic carbocycles. The Hall–Kier alpha value is -1.16. The first kappa shape index (κ1) is 9.40. The van der Waals surface area contributed by atoms with Gasteiger partial charge in [-0.2, -0.15) is 0 Å².